The molecule has 0 spiro atoms. The zero-order chi connectivity index (χ0) is 11.7. The van der Waals surface area contributed by atoms with Gasteiger partial charge in [-0.2, -0.15) is 0 Å². The normalized spacial score (nSPS) is 12.8. The summed E-state index contributed by atoms with van der Waals surface area (Å²) in [6, 6.07) is 7.38. The van der Waals surface area contributed by atoms with E-state index in [1.165, 1.54) is 11.3 Å². The van der Waals surface area contributed by atoms with Crippen LogP contribution in [0.2, 0.25) is 10.0 Å². The van der Waals surface area contributed by atoms with E-state index >= 15 is 0 Å². The number of benzene rings is 1. The molecule has 0 saturated heterocycles. The first-order valence-electron chi connectivity index (χ1n) is 4.77. The van der Waals surface area contributed by atoms with Crippen LogP contribution in [-0.4, -0.2) is 5.11 Å². The first kappa shape index (κ1) is 11.9. The van der Waals surface area contributed by atoms with Gasteiger partial charge in [0.25, 0.3) is 0 Å². The average Bonchev–Trinajstić information content (AvgIpc) is 2.68. The van der Waals surface area contributed by atoms with Gasteiger partial charge in [0, 0.05) is 10.6 Å². The molecule has 2 aromatic rings. The maximum atomic E-state index is 10.2. The van der Waals surface area contributed by atoms with Crippen molar-refractivity contribution in [2.75, 3.05) is 0 Å². The molecule has 0 bridgehead atoms. The standard InChI is InChI=1S/C12H10Cl2OS/c1-7-3-2-4-8(10(7)14)11(15)12-9(13)5-6-16-12/h2-6,11,15H,1H3. The third-order valence-electron chi connectivity index (χ3n) is 2.41. The highest BCUT2D eigenvalue weighted by Crippen LogP contribution is 2.36. The minimum absolute atomic E-state index is 0.579. The van der Waals surface area contributed by atoms with E-state index in [0.29, 0.717) is 15.6 Å². The lowest BCUT2D eigenvalue weighted by atomic mass is 10.1. The van der Waals surface area contributed by atoms with Gasteiger partial charge in [-0.1, -0.05) is 41.4 Å². The van der Waals surface area contributed by atoms with Crippen molar-refractivity contribution in [1.82, 2.24) is 0 Å². The topological polar surface area (TPSA) is 20.2 Å². The Morgan fingerprint density at radius 2 is 2.00 bits per heavy atom. The van der Waals surface area contributed by atoms with E-state index in [-0.39, 0.29) is 0 Å². The van der Waals surface area contributed by atoms with Crippen LogP contribution < -0.4 is 0 Å². The average molecular weight is 273 g/mol. The van der Waals surface area contributed by atoms with Gasteiger partial charge in [0.05, 0.1) is 9.90 Å². The molecule has 84 valence electrons. The van der Waals surface area contributed by atoms with Crippen LogP contribution in [0.3, 0.4) is 0 Å². The van der Waals surface area contributed by atoms with E-state index in [2.05, 4.69) is 0 Å². The number of rotatable bonds is 2. The summed E-state index contributed by atoms with van der Waals surface area (Å²) in [5, 5.41) is 13.2. The Hall–Kier alpha value is -0.540. The zero-order valence-electron chi connectivity index (χ0n) is 8.58. The minimum Gasteiger partial charge on any atom is -0.383 e. The largest absolute Gasteiger partial charge is 0.383 e. The van der Waals surface area contributed by atoms with E-state index in [9.17, 15) is 5.11 Å². The highest BCUT2D eigenvalue weighted by atomic mass is 35.5. The Balaban J connectivity index is 2.46. The Morgan fingerprint density at radius 1 is 1.25 bits per heavy atom. The highest BCUT2D eigenvalue weighted by molar-refractivity contribution is 7.10. The van der Waals surface area contributed by atoms with E-state index in [1.54, 1.807) is 6.07 Å². The van der Waals surface area contributed by atoms with Crippen molar-refractivity contribution >= 4 is 34.5 Å². The maximum Gasteiger partial charge on any atom is 0.116 e. The van der Waals surface area contributed by atoms with E-state index in [4.69, 9.17) is 23.2 Å². The molecule has 1 aromatic heterocycles. The van der Waals surface area contributed by atoms with Gasteiger partial charge in [0.1, 0.15) is 6.10 Å². The summed E-state index contributed by atoms with van der Waals surface area (Å²) in [6.45, 7) is 1.91. The van der Waals surface area contributed by atoms with Gasteiger partial charge in [-0.3, -0.25) is 0 Å². The summed E-state index contributed by atoms with van der Waals surface area (Å²) < 4.78 is 0. The first-order chi connectivity index (χ1) is 7.61. The second-order valence-electron chi connectivity index (χ2n) is 3.51. The SMILES string of the molecule is Cc1cccc(C(O)c2sccc2Cl)c1Cl. The molecule has 0 radical (unpaired) electrons. The van der Waals surface area contributed by atoms with Crippen molar-refractivity contribution < 1.29 is 5.11 Å². The number of aryl methyl sites for hydroxylation is 1. The quantitative estimate of drug-likeness (QED) is 0.857. The van der Waals surface area contributed by atoms with Crippen LogP contribution in [0, 0.1) is 6.92 Å². The second-order valence-corrected chi connectivity index (χ2v) is 5.25. The number of thiophene rings is 1. The summed E-state index contributed by atoms with van der Waals surface area (Å²) in [7, 11) is 0. The predicted octanol–water partition coefficient (Wildman–Crippen LogP) is 4.45. The molecule has 0 amide bonds. The Kier molecular flexibility index (Phi) is 3.55. The first-order valence-corrected chi connectivity index (χ1v) is 6.40. The van der Waals surface area contributed by atoms with Gasteiger partial charge in [0.2, 0.25) is 0 Å². The fourth-order valence-corrected chi connectivity index (χ4v) is 2.91. The van der Waals surface area contributed by atoms with Crippen LogP contribution >= 0.6 is 34.5 Å². The molecule has 0 aliphatic rings. The van der Waals surface area contributed by atoms with Gasteiger partial charge in [-0.05, 0) is 23.9 Å². The number of halogens is 2. The molecule has 1 aromatic carbocycles. The predicted molar refractivity (Wildman–Crippen MR) is 69.6 cm³/mol. The smallest absolute Gasteiger partial charge is 0.116 e. The number of aliphatic hydroxyl groups is 1. The molecule has 1 nitrogen and oxygen atoms in total. The van der Waals surface area contributed by atoms with Crippen molar-refractivity contribution in [2.45, 2.75) is 13.0 Å². The molecule has 1 heterocycles. The number of hydrogen-bond donors (Lipinski definition) is 1. The second kappa shape index (κ2) is 4.76. The van der Waals surface area contributed by atoms with Crippen molar-refractivity contribution in [2.24, 2.45) is 0 Å². The minimum atomic E-state index is -0.750. The Labute approximate surface area is 108 Å². The van der Waals surface area contributed by atoms with Crippen molar-refractivity contribution in [3.8, 4) is 0 Å². The Morgan fingerprint density at radius 3 is 2.62 bits per heavy atom. The van der Waals surface area contributed by atoms with Crippen molar-refractivity contribution in [1.29, 1.82) is 0 Å². The highest BCUT2D eigenvalue weighted by Gasteiger charge is 2.18. The van der Waals surface area contributed by atoms with E-state index in [0.717, 1.165) is 10.4 Å². The van der Waals surface area contributed by atoms with Crippen LogP contribution in [-0.2, 0) is 0 Å². The van der Waals surface area contributed by atoms with Gasteiger partial charge in [0.15, 0.2) is 0 Å². The zero-order valence-corrected chi connectivity index (χ0v) is 10.9. The molecule has 1 N–H and O–H groups in total. The van der Waals surface area contributed by atoms with Crippen LogP contribution in [0.1, 0.15) is 22.1 Å². The Bertz CT molecular complexity index is 507. The lowest BCUT2D eigenvalue weighted by Gasteiger charge is -2.13. The van der Waals surface area contributed by atoms with Gasteiger partial charge < -0.3 is 5.11 Å². The fraction of sp³-hybridized carbons (Fsp3) is 0.167. The molecule has 1 unspecified atom stereocenters. The van der Waals surface area contributed by atoms with Gasteiger partial charge in [-0.25, -0.2) is 0 Å². The maximum absolute atomic E-state index is 10.2. The summed E-state index contributed by atoms with van der Waals surface area (Å²) in [5.41, 5.74) is 1.65. The molecule has 16 heavy (non-hydrogen) atoms. The van der Waals surface area contributed by atoms with Crippen LogP contribution in [0.4, 0.5) is 0 Å². The number of hydrogen-bond acceptors (Lipinski definition) is 2. The summed E-state index contributed by atoms with van der Waals surface area (Å²) in [6.07, 6.45) is -0.750. The monoisotopic (exact) mass is 272 g/mol. The van der Waals surface area contributed by atoms with Gasteiger partial charge in [-0.15, -0.1) is 11.3 Å². The lowest BCUT2D eigenvalue weighted by molar-refractivity contribution is 0.224. The number of aliphatic hydroxyl groups excluding tert-OH is 1. The van der Waals surface area contributed by atoms with Crippen LogP contribution in [0.5, 0.6) is 0 Å². The summed E-state index contributed by atoms with van der Waals surface area (Å²) >= 11 is 13.6. The molecule has 1 atom stereocenters. The molecule has 0 aliphatic carbocycles. The van der Waals surface area contributed by atoms with Crippen LogP contribution in [0.25, 0.3) is 0 Å². The summed E-state index contributed by atoms with van der Waals surface area (Å²) in [5.74, 6) is 0. The molecule has 4 heteroatoms. The van der Waals surface area contributed by atoms with Crippen LogP contribution in [0.15, 0.2) is 29.6 Å². The van der Waals surface area contributed by atoms with Gasteiger partial charge >= 0.3 is 0 Å². The summed E-state index contributed by atoms with van der Waals surface area (Å²) in [4.78, 5) is 0.731. The molecule has 0 saturated carbocycles. The lowest BCUT2D eigenvalue weighted by Crippen LogP contribution is -1.99. The fourth-order valence-electron chi connectivity index (χ4n) is 1.52. The van der Waals surface area contributed by atoms with E-state index < -0.39 is 6.10 Å². The molecule has 2 rings (SSSR count). The molecular weight excluding hydrogens is 263 g/mol. The van der Waals surface area contributed by atoms with Crippen molar-refractivity contribution in [3.63, 3.8) is 0 Å². The van der Waals surface area contributed by atoms with E-state index in [1.807, 2.05) is 30.5 Å². The third kappa shape index (κ3) is 2.11. The molecule has 0 aliphatic heterocycles. The third-order valence-corrected chi connectivity index (χ3v) is 4.34. The van der Waals surface area contributed by atoms with Crippen molar-refractivity contribution in [3.05, 3.63) is 55.7 Å². The molecule has 0 fully saturated rings. The molecular formula is C12H10Cl2OS.